The molecular weight excluding hydrogens is 236 g/mol. The van der Waals surface area contributed by atoms with E-state index in [0.717, 1.165) is 25.1 Å². The lowest BCUT2D eigenvalue weighted by Gasteiger charge is -2.18. The summed E-state index contributed by atoms with van der Waals surface area (Å²) in [5.41, 5.74) is 0. The van der Waals surface area contributed by atoms with E-state index >= 15 is 0 Å². The van der Waals surface area contributed by atoms with Gasteiger partial charge in [-0.3, -0.25) is 0 Å². The quantitative estimate of drug-likeness (QED) is 0.769. The molecule has 0 amide bonds. The highest BCUT2D eigenvalue weighted by Gasteiger charge is 2.17. The van der Waals surface area contributed by atoms with Crippen molar-refractivity contribution in [3.8, 4) is 0 Å². The molecule has 4 nitrogen and oxygen atoms in total. The van der Waals surface area contributed by atoms with Crippen LogP contribution in [0.1, 0.15) is 31.0 Å². The molecule has 2 rings (SSSR count). The predicted octanol–water partition coefficient (Wildman–Crippen LogP) is 1.75. The second-order valence-electron chi connectivity index (χ2n) is 4.59. The fourth-order valence-electron chi connectivity index (χ4n) is 2.16. The normalized spacial score (nSPS) is 20.6. The molecule has 17 heavy (non-hydrogen) atoms. The van der Waals surface area contributed by atoms with Crippen molar-refractivity contribution < 1.29 is 8.42 Å². The van der Waals surface area contributed by atoms with Crippen LogP contribution in [0.4, 0.5) is 0 Å². The van der Waals surface area contributed by atoms with Gasteiger partial charge in [-0.25, -0.2) is 13.4 Å². The van der Waals surface area contributed by atoms with Gasteiger partial charge in [0.15, 0.2) is 0 Å². The van der Waals surface area contributed by atoms with Gasteiger partial charge < -0.3 is 4.57 Å². The Hall–Kier alpha value is -1.10. The minimum absolute atomic E-state index is 0.179. The van der Waals surface area contributed by atoms with Crippen molar-refractivity contribution in [2.75, 3.05) is 12.0 Å². The van der Waals surface area contributed by atoms with Crippen LogP contribution in [-0.2, 0) is 16.4 Å². The average Bonchev–Trinajstić information content (AvgIpc) is 2.75. The van der Waals surface area contributed by atoms with E-state index in [1.807, 2.05) is 10.8 Å². The van der Waals surface area contributed by atoms with Gasteiger partial charge in [-0.05, 0) is 19.3 Å². The van der Waals surface area contributed by atoms with Gasteiger partial charge in [0.1, 0.15) is 15.7 Å². The van der Waals surface area contributed by atoms with Gasteiger partial charge in [0.25, 0.3) is 0 Å². The first-order chi connectivity index (χ1) is 8.06. The number of aryl methyl sites for hydroxylation is 1. The Kier molecular flexibility index (Phi) is 3.66. The molecule has 94 valence electrons. The van der Waals surface area contributed by atoms with Crippen LogP contribution < -0.4 is 0 Å². The van der Waals surface area contributed by atoms with Crippen molar-refractivity contribution in [1.82, 2.24) is 9.55 Å². The number of nitrogens with zero attached hydrogens (tertiary/aromatic N) is 2. The number of aromatic nitrogens is 2. The fourth-order valence-corrected chi connectivity index (χ4v) is 2.69. The Labute approximate surface area is 102 Å². The molecule has 1 aliphatic carbocycles. The molecule has 1 heterocycles. The van der Waals surface area contributed by atoms with Crippen molar-refractivity contribution in [2.24, 2.45) is 0 Å². The molecule has 0 saturated carbocycles. The van der Waals surface area contributed by atoms with Gasteiger partial charge in [-0.1, -0.05) is 12.2 Å². The number of hydrogen-bond acceptors (Lipinski definition) is 3. The first-order valence-electron chi connectivity index (χ1n) is 5.90. The lowest BCUT2D eigenvalue weighted by atomic mass is 9.94. The zero-order valence-corrected chi connectivity index (χ0v) is 10.9. The monoisotopic (exact) mass is 254 g/mol. The molecule has 5 heteroatoms. The lowest BCUT2D eigenvalue weighted by molar-refractivity contribution is 0.541. The Balaban J connectivity index is 2.08. The molecule has 0 fully saturated rings. The van der Waals surface area contributed by atoms with Crippen molar-refractivity contribution in [1.29, 1.82) is 0 Å². The SMILES string of the molecule is CS(=O)(=O)CCn1ccnc1C1CC=CCC1. The second-order valence-corrected chi connectivity index (χ2v) is 6.85. The minimum Gasteiger partial charge on any atom is -0.334 e. The first-order valence-corrected chi connectivity index (χ1v) is 7.96. The fraction of sp³-hybridized carbons (Fsp3) is 0.583. The Morgan fingerprint density at radius 1 is 1.47 bits per heavy atom. The summed E-state index contributed by atoms with van der Waals surface area (Å²) in [6, 6.07) is 0. The molecule has 0 radical (unpaired) electrons. The van der Waals surface area contributed by atoms with Crippen LogP contribution >= 0.6 is 0 Å². The molecule has 1 unspecified atom stereocenters. The van der Waals surface area contributed by atoms with Crippen LogP contribution in [-0.4, -0.2) is 30.0 Å². The first kappa shape index (κ1) is 12.4. The molecule has 0 bridgehead atoms. The molecule has 0 saturated heterocycles. The third kappa shape index (κ3) is 3.43. The molecular formula is C12H18N2O2S. The predicted molar refractivity (Wildman–Crippen MR) is 67.7 cm³/mol. The van der Waals surface area contributed by atoms with Gasteiger partial charge in [-0.2, -0.15) is 0 Å². The third-order valence-electron chi connectivity index (χ3n) is 3.08. The molecule has 0 aromatic carbocycles. The van der Waals surface area contributed by atoms with E-state index in [0.29, 0.717) is 12.5 Å². The smallest absolute Gasteiger partial charge is 0.149 e. The van der Waals surface area contributed by atoms with Gasteiger partial charge in [0.05, 0.1) is 5.75 Å². The van der Waals surface area contributed by atoms with Gasteiger partial charge >= 0.3 is 0 Å². The van der Waals surface area contributed by atoms with Crippen LogP contribution in [0.25, 0.3) is 0 Å². The number of sulfone groups is 1. The third-order valence-corrected chi connectivity index (χ3v) is 4.01. The van der Waals surface area contributed by atoms with E-state index in [4.69, 9.17) is 0 Å². The van der Waals surface area contributed by atoms with Crippen LogP contribution in [0, 0.1) is 0 Å². The lowest BCUT2D eigenvalue weighted by Crippen LogP contribution is -2.15. The second kappa shape index (κ2) is 5.04. The molecule has 1 aliphatic rings. The highest BCUT2D eigenvalue weighted by atomic mass is 32.2. The maximum Gasteiger partial charge on any atom is 0.149 e. The van der Waals surface area contributed by atoms with Crippen molar-refractivity contribution in [3.63, 3.8) is 0 Å². The van der Waals surface area contributed by atoms with E-state index in [9.17, 15) is 8.42 Å². The molecule has 0 spiro atoms. The average molecular weight is 254 g/mol. The standard InChI is InChI=1S/C12H18N2O2S/c1-17(15,16)10-9-14-8-7-13-12(14)11-5-3-2-4-6-11/h2-3,7-8,11H,4-6,9-10H2,1H3. The zero-order chi connectivity index (χ0) is 12.3. The summed E-state index contributed by atoms with van der Waals surface area (Å²) in [4.78, 5) is 4.37. The summed E-state index contributed by atoms with van der Waals surface area (Å²) < 4.78 is 24.3. The van der Waals surface area contributed by atoms with Crippen LogP contribution in [0.3, 0.4) is 0 Å². The largest absolute Gasteiger partial charge is 0.334 e. The summed E-state index contributed by atoms with van der Waals surface area (Å²) in [6.45, 7) is 0.508. The van der Waals surface area contributed by atoms with E-state index in [-0.39, 0.29) is 5.75 Å². The van der Waals surface area contributed by atoms with Gasteiger partial charge in [0, 0.05) is 31.1 Å². The Morgan fingerprint density at radius 2 is 2.29 bits per heavy atom. The van der Waals surface area contributed by atoms with E-state index in [1.54, 1.807) is 6.20 Å². The van der Waals surface area contributed by atoms with Gasteiger partial charge in [0.2, 0.25) is 0 Å². The number of hydrogen-bond donors (Lipinski definition) is 0. The van der Waals surface area contributed by atoms with E-state index in [1.165, 1.54) is 6.26 Å². The van der Waals surface area contributed by atoms with Crippen LogP contribution in [0.5, 0.6) is 0 Å². The summed E-state index contributed by atoms with van der Waals surface area (Å²) in [5, 5.41) is 0. The summed E-state index contributed by atoms with van der Waals surface area (Å²) >= 11 is 0. The Bertz CT molecular complexity index is 502. The van der Waals surface area contributed by atoms with Gasteiger partial charge in [-0.15, -0.1) is 0 Å². The number of rotatable bonds is 4. The van der Waals surface area contributed by atoms with Crippen molar-refractivity contribution in [2.45, 2.75) is 31.7 Å². The topological polar surface area (TPSA) is 52.0 Å². The molecule has 1 aromatic heterocycles. The maximum atomic E-state index is 11.2. The number of imidazole rings is 1. The van der Waals surface area contributed by atoms with E-state index < -0.39 is 9.84 Å². The van der Waals surface area contributed by atoms with Crippen molar-refractivity contribution in [3.05, 3.63) is 30.4 Å². The summed E-state index contributed by atoms with van der Waals surface area (Å²) in [5.74, 6) is 1.64. The van der Waals surface area contributed by atoms with Crippen molar-refractivity contribution >= 4 is 9.84 Å². The molecule has 0 aliphatic heterocycles. The minimum atomic E-state index is -2.91. The Morgan fingerprint density at radius 3 is 2.94 bits per heavy atom. The summed E-state index contributed by atoms with van der Waals surface area (Å²) in [6.07, 6.45) is 12.5. The highest BCUT2D eigenvalue weighted by molar-refractivity contribution is 7.90. The van der Waals surface area contributed by atoms with Crippen LogP contribution in [0.15, 0.2) is 24.5 Å². The van der Waals surface area contributed by atoms with E-state index in [2.05, 4.69) is 17.1 Å². The van der Waals surface area contributed by atoms with Crippen LogP contribution in [0.2, 0.25) is 0 Å². The zero-order valence-electron chi connectivity index (χ0n) is 10.0. The summed E-state index contributed by atoms with van der Waals surface area (Å²) in [7, 11) is -2.91. The molecule has 1 aromatic rings. The highest BCUT2D eigenvalue weighted by Crippen LogP contribution is 2.27. The maximum absolute atomic E-state index is 11.2. The molecule has 1 atom stereocenters. The number of allylic oxidation sites excluding steroid dienone is 2. The molecule has 0 N–H and O–H groups in total.